The molecule has 0 bridgehead atoms. The number of hydrogen-bond acceptors (Lipinski definition) is 2. The minimum Gasteiger partial charge on any atom is -0.455 e. The van der Waals surface area contributed by atoms with Gasteiger partial charge in [0.15, 0.2) is 0 Å². The Morgan fingerprint density at radius 2 is 1.02 bits per heavy atom. The van der Waals surface area contributed by atoms with Crippen LogP contribution in [0, 0.1) is 5.82 Å². The Bertz CT molecular complexity index is 3250. The van der Waals surface area contributed by atoms with Gasteiger partial charge in [0.05, 0.1) is 11.0 Å². The summed E-state index contributed by atoms with van der Waals surface area (Å²) in [5, 5.41) is 6.22. The van der Waals surface area contributed by atoms with Crippen LogP contribution in [0.1, 0.15) is 0 Å². The number of aromatic nitrogens is 1. The molecule has 0 aliphatic rings. The van der Waals surface area contributed by atoms with Crippen LogP contribution in [0.15, 0.2) is 205 Å². The molecule has 9 aromatic carbocycles. The molecule has 4 heteroatoms. The third-order valence-corrected chi connectivity index (χ3v) is 11.1. The van der Waals surface area contributed by atoms with Gasteiger partial charge in [0.2, 0.25) is 0 Å². The molecule has 0 spiro atoms. The molecule has 3 nitrogen and oxygen atoms in total. The fraction of sp³-hybridized carbons (Fsp3) is 0. The molecular weight excluding hydrogens is 688 g/mol. The van der Waals surface area contributed by atoms with Crippen LogP contribution in [0.25, 0.3) is 82.5 Å². The Balaban J connectivity index is 1.01. The fourth-order valence-electron chi connectivity index (χ4n) is 8.39. The Labute approximate surface area is 322 Å². The van der Waals surface area contributed by atoms with Gasteiger partial charge in [-0.05, 0) is 106 Å². The fourth-order valence-corrected chi connectivity index (χ4v) is 8.39. The van der Waals surface area contributed by atoms with Crippen LogP contribution in [-0.2, 0) is 0 Å². The van der Waals surface area contributed by atoms with E-state index in [1.807, 2.05) is 36.4 Å². The summed E-state index contributed by atoms with van der Waals surface area (Å²) in [4.78, 5) is 2.28. The van der Waals surface area contributed by atoms with Crippen molar-refractivity contribution in [1.29, 1.82) is 0 Å². The molecule has 56 heavy (non-hydrogen) atoms. The molecular formula is C52H33FN2O. The molecule has 0 aliphatic heterocycles. The molecule has 0 fully saturated rings. The third-order valence-electron chi connectivity index (χ3n) is 11.1. The smallest absolute Gasteiger partial charge is 0.143 e. The minimum absolute atomic E-state index is 0.215. The summed E-state index contributed by atoms with van der Waals surface area (Å²) in [6.45, 7) is 0. The van der Waals surface area contributed by atoms with Crippen LogP contribution in [0.4, 0.5) is 21.5 Å². The van der Waals surface area contributed by atoms with Crippen molar-refractivity contribution in [2.45, 2.75) is 0 Å². The summed E-state index contributed by atoms with van der Waals surface area (Å²) >= 11 is 0. The second kappa shape index (κ2) is 12.9. The summed E-state index contributed by atoms with van der Waals surface area (Å²) in [6.07, 6.45) is 0. The second-order valence-corrected chi connectivity index (χ2v) is 14.3. The van der Waals surface area contributed by atoms with Gasteiger partial charge in [-0.25, -0.2) is 4.39 Å². The Kier molecular flexibility index (Phi) is 7.36. The molecule has 0 N–H and O–H groups in total. The zero-order valence-electron chi connectivity index (χ0n) is 30.2. The van der Waals surface area contributed by atoms with Gasteiger partial charge in [-0.15, -0.1) is 0 Å². The highest BCUT2D eigenvalue weighted by molar-refractivity contribution is 6.10. The zero-order valence-corrected chi connectivity index (χ0v) is 30.2. The van der Waals surface area contributed by atoms with Gasteiger partial charge in [-0.1, -0.05) is 121 Å². The molecule has 264 valence electrons. The number of furan rings is 1. The molecule has 0 saturated heterocycles. The maximum atomic E-state index is 15.2. The van der Waals surface area contributed by atoms with E-state index in [0.717, 1.165) is 77.8 Å². The van der Waals surface area contributed by atoms with Gasteiger partial charge in [0.25, 0.3) is 0 Å². The first-order chi connectivity index (χ1) is 27.7. The van der Waals surface area contributed by atoms with Crippen LogP contribution in [-0.4, -0.2) is 4.57 Å². The topological polar surface area (TPSA) is 21.3 Å². The van der Waals surface area contributed by atoms with Crippen LogP contribution in [0.3, 0.4) is 0 Å². The lowest BCUT2D eigenvalue weighted by Gasteiger charge is -2.26. The lowest BCUT2D eigenvalue weighted by atomic mass is 10.0. The monoisotopic (exact) mass is 720 g/mol. The van der Waals surface area contributed by atoms with Crippen molar-refractivity contribution < 1.29 is 8.81 Å². The Morgan fingerprint density at radius 3 is 1.80 bits per heavy atom. The molecule has 0 radical (unpaired) electrons. The average molecular weight is 721 g/mol. The maximum absolute atomic E-state index is 15.2. The van der Waals surface area contributed by atoms with E-state index in [9.17, 15) is 0 Å². The number of fused-ring (bicyclic) bond motifs is 7. The van der Waals surface area contributed by atoms with Crippen molar-refractivity contribution in [1.82, 2.24) is 4.57 Å². The minimum atomic E-state index is -0.215. The first kappa shape index (κ1) is 32.0. The lowest BCUT2D eigenvalue weighted by Crippen LogP contribution is -2.10. The summed E-state index contributed by atoms with van der Waals surface area (Å²) in [5.74, 6) is -0.215. The van der Waals surface area contributed by atoms with Crippen molar-refractivity contribution in [3.63, 3.8) is 0 Å². The van der Waals surface area contributed by atoms with Crippen molar-refractivity contribution in [3.8, 4) is 27.9 Å². The number of hydrogen-bond donors (Lipinski definition) is 0. The van der Waals surface area contributed by atoms with Crippen molar-refractivity contribution in [3.05, 3.63) is 206 Å². The highest BCUT2D eigenvalue weighted by atomic mass is 19.1. The number of nitrogens with zero attached hydrogens (tertiary/aromatic N) is 2. The van der Waals surface area contributed by atoms with Crippen LogP contribution in [0.5, 0.6) is 0 Å². The third kappa shape index (κ3) is 5.19. The normalized spacial score (nSPS) is 11.7. The summed E-state index contributed by atoms with van der Waals surface area (Å²) in [5.41, 5.74) is 12.1. The summed E-state index contributed by atoms with van der Waals surface area (Å²) < 4.78 is 23.8. The van der Waals surface area contributed by atoms with Crippen LogP contribution < -0.4 is 4.90 Å². The van der Waals surface area contributed by atoms with E-state index >= 15 is 4.39 Å². The number of para-hydroxylation sites is 3. The van der Waals surface area contributed by atoms with Crippen LogP contribution in [0.2, 0.25) is 0 Å². The van der Waals surface area contributed by atoms with E-state index in [4.69, 9.17) is 4.42 Å². The van der Waals surface area contributed by atoms with Gasteiger partial charge >= 0.3 is 0 Å². The van der Waals surface area contributed by atoms with E-state index < -0.39 is 0 Å². The number of anilines is 3. The highest BCUT2D eigenvalue weighted by Gasteiger charge is 2.18. The van der Waals surface area contributed by atoms with E-state index in [1.54, 1.807) is 6.07 Å². The van der Waals surface area contributed by atoms with Crippen molar-refractivity contribution in [2.24, 2.45) is 0 Å². The summed E-state index contributed by atoms with van der Waals surface area (Å²) in [6, 6.07) is 69.0. The molecule has 0 unspecified atom stereocenters. The van der Waals surface area contributed by atoms with E-state index in [1.165, 1.54) is 22.4 Å². The number of benzene rings is 9. The van der Waals surface area contributed by atoms with E-state index in [0.29, 0.717) is 5.39 Å². The lowest BCUT2D eigenvalue weighted by molar-refractivity contribution is 0.640. The molecule has 0 aliphatic carbocycles. The largest absolute Gasteiger partial charge is 0.455 e. The highest BCUT2D eigenvalue weighted by Crippen LogP contribution is 2.41. The van der Waals surface area contributed by atoms with Gasteiger partial charge in [-0.2, -0.15) is 0 Å². The van der Waals surface area contributed by atoms with Crippen molar-refractivity contribution >= 4 is 71.6 Å². The van der Waals surface area contributed by atoms with E-state index in [2.05, 4.69) is 161 Å². The quantitative estimate of drug-likeness (QED) is 0.171. The van der Waals surface area contributed by atoms with Crippen LogP contribution >= 0.6 is 0 Å². The molecule has 11 rings (SSSR count). The van der Waals surface area contributed by atoms with Gasteiger partial charge in [-0.3, -0.25) is 0 Å². The SMILES string of the molecule is Fc1cccc2c1c1ccccc1n2-c1ccc(N(c2ccc(-c3ccc4ccccc4c3)cc2)c2ccc(-c3cccc4c3oc3ccccc34)cc2)cc1. The predicted octanol–water partition coefficient (Wildman–Crippen LogP) is 14.8. The average Bonchev–Trinajstić information content (AvgIpc) is 3.81. The molecule has 0 amide bonds. The van der Waals surface area contributed by atoms with Gasteiger partial charge in [0, 0.05) is 49.9 Å². The Hall–Kier alpha value is -7.43. The second-order valence-electron chi connectivity index (χ2n) is 14.3. The Morgan fingerprint density at radius 1 is 0.429 bits per heavy atom. The first-order valence-corrected chi connectivity index (χ1v) is 18.9. The molecule has 0 atom stereocenters. The number of halogens is 1. The molecule has 2 aromatic heterocycles. The zero-order chi connectivity index (χ0) is 37.2. The first-order valence-electron chi connectivity index (χ1n) is 18.9. The van der Waals surface area contributed by atoms with Crippen molar-refractivity contribution in [2.75, 3.05) is 4.90 Å². The number of rotatable bonds is 6. The standard InChI is InChI=1S/C52H33FN2O/c53-47-15-8-17-49-51(47)46-12-3-5-16-48(46)55(49)42-31-29-41(30-32-42)54(39-25-21-35(22-26-39)38-20-19-34-9-1-2-10-37(34)33-38)40-27-23-36(24-28-40)43-13-7-14-45-44-11-4-6-18-50(44)56-52(43)45/h1-33H. The van der Waals surface area contributed by atoms with E-state index in [-0.39, 0.29) is 5.82 Å². The van der Waals surface area contributed by atoms with Gasteiger partial charge < -0.3 is 13.9 Å². The maximum Gasteiger partial charge on any atom is 0.143 e. The molecule has 2 heterocycles. The summed E-state index contributed by atoms with van der Waals surface area (Å²) in [7, 11) is 0. The molecule has 0 saturated carbocycles. The molecule has 11 aromatic rings. The predicted molar refractivity (Wildman–Crippen MR) is 231 cm³/mol. The van der Waals surface area contributed by atoms with Gasteiger partial charge in [0.1, 0.15) is 17.0 Å².